The number of nitrogens with zero attached hydrogens (tertiary/aromatic N) is 3. The molecule has 0 fully saturated rings. The van der Waals surface area contributed by atoms with Gasteiger partial charge in [-0.1, -0.05) is 48.5 Å². The van der Waals surface area contributed by atoms with Crippen LogP contribution in [0.25, 0.3) is 0 Å². The third-order valence-electron chi connectivity index (χ3n) is 8.69. The molecule has 13 nitrogen and oxygen atoms in total. The van der Waals surface area contributed by atoms with E-state index in [0.29, 0.717) is 75.5 Å². The van der Waals surface area contributed by atoms with Gasteiger partial charge in [-0.05, 0) is 77.8 Å². The lowest BCUT2D eigenvalue weighted by molar-refractivity contribution is 0.0350. The Morgan fingerprint density at radius 3 is 1.04 bits per heavy atom. The van der Waals surface area contributed by atoms with E-state index < -0.39 is 12.2 Å². The van der Waals surface area contributed by atoms with Crippen LogP contribution in [-0.4, -0.2) is 115 Å². The second-order valence-corrected chi connectivity index (χ2v) is 12.9. The highest BCUT2D eigenvalue weighted by molar-refractivity contribution is 5.68. The maximum Gasteiger partial charge on any atom is 0.410 e. The number of carbonyl (C=O) groups excluding carboxylic acids is 2. The largest absolute Gasteiger partial charge is 0.497 e. The normalized spacial score (nSPS) is 10.8. The van der Waals surface area contributed by atoms with E-state index in [1.54, 1.807) is 38.2 Å². The van der Waals surface area contributed by atoms with E-state index in [9.17, 15) is 9.59 Å². The lowest BCUT2D eigenvalue weighted by Gasteiger charge is -2.23. The Hall–Kier alpha value is -5.50. The summed E-state index contributed by atoms with van der Waals surface area (Å²) in [5, 5.41) is 0. The molecule has 2 amide bonds. The number of carbonyl (C=O) groups is 2. The molecule has 0 N–H and O–H groups in total. The number of hydrogen-bond donors (Lipinski definition) is 0. The van der Waals surface area contributed by atoms with Gasteiger partial charge in [-0.15, -0.1) is 0 Å². The van der Waals surface area contributed by atoms with Gasteiger partial charge in [-0.2, -0.15) is 0 Å². The maximum atomic E-state index is 13.2. The first-order chi connectivity index (χ1) is 27.3. The van der Waals surface area contributed by atoms with Crippen molar-refractivity contribution in [3.05, 3.63) is 119 Å². The van der Waals surface area contributed by atoms with Crippen LogP contribution in [0.3, 0.4) is 0 Å². The second-order valence-electron chi connectivity index (χ2n) is 12.9. The van der Waals surface area contributed by atoms with Crippen molar-refractivity contribution in [3.8, 4) is 23.0 Å². The summed E-state index contributed by atoms with van der Waals surface area (Å²) < 4.78 is 44.1. The van der Waals surface area contributed by atoms with Gasteiger partial charge in [0.1, 0.15) is 36.2 Å². The van der Waals surface area contributed by atoms with Crippen LogP contribution in [0.2, 0.25) is 0 Å². The Balaban J connectivity index is 1.12. The quantitative estimate of drug-likeness (QED) is 0.0712. The fourth-order valence-electron chi connectivity index (χ4n) is 5.65. The predicted molar refractivity (Wildman–Crippen MR) is 212 cm³/mol. The molecule has 0 spiro atoms. The highest BCUT2D eigenvalue weighted by atomic mass is 16.6. The molecule has 0 atom stereocenters. The summed E-state index contributed by atoms with van der Waals surface area (Å²) in [6, 6.07) is 30.4. The maximum absolute atomic E-state index is 13.2. The van der Waals surface area contributed by atoms with E-state index in [2.05, 4.69) is 4.90 Å². The molecule has 0 aliphatic rings. The summed E-state index contributed by atoms with van der Waals surface area (Å²) in [6.45, 7) is 4.38. The molecule has 56 heavy (non-hydrogen) atoms. The minimum absolute atomic E-state index is 0.119. The Morgan fingerprint density at radius 1 is 0.446 bits per heavy atom. The highest BCUT2D eigenvalue weighted by Crippen LogP contribution is 2.21. The molecular formula is C43H55N3O10. The molecule has 4 aromatic rings. The zero-order valence-corrected chi connectivity index (χ0v) is 33.1. The summed E-state index contributed by atoms with van der Waals surface area (Å²) in [4.78, 5) is 31.7. The number of ether oxygens (including phenoxy) is 8. The third-order valence-corrected chi connectivity index (χ3v) is 8.69. The third kappa shape index (κ3) is 15.3. The van der Waals surface area contributed by atoms with E-state index in [1.807, 2.05) is 104 Å². The number of methoxy groups -OCH3 is 4. The van der Waals surface area contributed by atoms with Crippen LogP contribution >= 0.6 is 0 Å². The Bertz CT molecular complexity index is 1550. The summed E-state index contributed by atoms with van der Waals surface area (Å²) in [5.41, 5.74) is 3.67. The van der Waals surface area contributed by atoms with Gasteiger partial charge in [0.05, 0.1) is 54.9 Å². The predicted octanol–water partition coefficient (Wildman–Crippen LogP) is 6.66. The number of benzene rings is 4. The van der Waals surface area contributed by atoms with Crippen molar-refractivity contribution >= 4 is 12.2 Å². The van der Waals surface area contributed by atoms with Crippen molar-refractivity contribution in [1.29, 1.82) is 0 Å². The van der Waals surface area contributed by atoms with Crippen molar-refractivity contribution in [3.63, 3.8) is 0 Å². The average molecular weight is 774 g/mol. The van der Waals surface area contributed by atoms with E-state index in [4.69, 9.17) is 37.9 Å². The standard InChI is InChI=1S/C43H55N3O10/c1-44(18-20-53-22-24-55-42(47)45(30-34-10-6-14-38(26-34)49-2)31-35-11-7-15-39(27-35)50-3)19-21-54-23-25-56-43(48)46(32-36-12-8-16-40(28-36)51-4)33-37-13-9-17-41(29-37)52-5/h6-17,26-29H,18-25,30-33H2,1-5H3. The number of rotatable bonds is 24. The number of amides is 2. The van der Waals surface area contributed by atoms with Crippen LogP contribution in [0.1, 0.15) is 22.3 Å². The van der Waals surface area contributed by atoms with E-state index in [0.717, 1.165) is 22.3 Å². The molecule has 0 saturated heterocycles. The first-order valence-electron chi connectivity index (χ1n) is 18.5. The minimum atomic E-state index is -0.444. The van der Waals surface area contributed by atoms with Crippen LogP contribution in [0.4, 0.5) is 9.59 Å². The molecule has 0 aliphatic carbocycles. The van der Waals surface area contributed by atoms with Crippen molar-refractivity contribution < 1.29 is 47.5 Å². The van der Waals surface area contributed by atoms with Crippen LogP contribution in [0, 0.1) is 0 Å². The molecule has 0 saturated carbocycles. The zero-order chi connectivity index (χ0) is 40.0. The van der Waals surface area contributed by atoms with Gasteiger partial charge in [0.15, 0.2) is 0 Å². The first kappa shape index (κ1) is 43.2. The van der Waals surface area contributed by atoms with Crippen LogP contribution < -0.4 is 18.9 Å². The highest BCUT2D eigenvalue weighted by Gasteiger charge is 2.19. The molecular weight excluding hydrogens is 718 g/mol. The fourth-order valence-corrected chi connectivity index (χ4v) is 5.65. The SMILES string of the molecule is COc1cccc(CN(Cc2cccc(OC)c2)C(=O)OCCOCCN(C)CCOCCOC(=O)N(Cc2cccc(OC)c2)Cc2cccc(OC)c2)c1. The second kappa shape index (κ2) is 24.1. The molecule has 4 aromatic carbocycles. The summed E-state index contributed by atoms with van der Waals surface area (Å²) in [7, 11) is 8.42. The van der Waals surface area contributed by atoms with Gasteiger partial charge in [-0.3, -0.25) is 9.80 Å². The van der Waals surface area contributed by atoms with Gasteiger partial charge in [0, 0.05) is 39.3 Å². The Labute approximate surface area is 330 Å². The lowest BCUT2D eigenvalue weighted by Crippen LogP contribution is -2.32. The molecule has 0 radical (unpaired) electrons. The van der Waals surface area contributed by atoms with E-state index in [-0.39, 0.29) is 26.4 Å². The molecule has 0 unspecified atom stereocenters. The van der Waals surface area contributed by atoms with Crippen molar-refractivity contribution in [2.24, 2.45) is 0 Å². The van der Waals surface area contributed by atoms with Gasteiger partial charge in [0.2, 0.25) is 0 Å². The van der Waals surface area contributed by atoms with Gasteiger partial charge in [0.25, 0.3) is 0 Å². The molecule has 0 aliphatic heterocycles. The zero-order valence-electron chi connectivity index (χ0n) is 33.1. The number of likely N-dealkylation sites (N-methyl/N-ethyl adjacent to an activating group) is 1. The van der Waals surface area contributed by atoms with Crippen LogP contribution in [0.5, 0.6) is 23.0 Å². The van der Waals surface area contributed by atoms with Crippen LogP contribution in [-0.2, 0) is 45.1 Å². The molecule has 0 heterocycles. The topological polar surface area (TPSA) is 118 Å². The lowest BCUT2D eigenvalue weighted by atomic mass is 10.1. The molecule has 0 bridgehead atoms. The van der Waals surface area contributed by atoms with E-state index in [1.165, 1.54) is 0 Å². The minimum Gasteiger partial charge on any atom is -0.497 e. The first-order valence-corrected chi connectivity index (χ1v) is 18.5. The van der Waals surface area contributed by atoms with Gasteiger partial charge < -0.3 is 42.8 Å². The van der Waals surface area contributed by atoms with Gasteiger partial charge >= 0.3 is 12.2 Å². The van der Waals surface area contributed by atoms with Crippen molar-refractivity contribution in [2.45, 2.75) is 26.2 Å². The van der Waals surface area contributed by atoms with Crippen molar-refractivity contribution in [1.82, 2.24) is 14.7 Å². The fraction of sp³-hybridized carbons (Fsp3) is 0.395. The average Bonchev–Trinajstić information content (AvgIpc) is 3.22. The molecule has 302 valence electrons. The summed E-state index contributed by atoms with van der Waals surface area (Å²) in [6.07, 6.45) is -0.888. The summed E-state index contributed by atoms with van der Waals surface area (Å²) >= 11 is 0. The number of hydrogen-bond acceptors (Lipinski definition) is 11. The smallest absolute Gasteiger partial charge is 0.410 e. The van der Waals surface area contributed by atoms with Gasteiger partial charge in [-0.25, -0.2) is 9.59 Å². The Kier molecular flexibility index (Phi) is 18.6. The molecule has 13 heteroatoms. The molecule has 0 aromatic heterocycles. The van der Waals surface area contributed by atoms with Crippen molar-refractivity contribution in [2.75, 3.05) is 88.2 Å². The van der Waals surface area contributed by atoms with E-state index >= 15 is 0 Å². The summed E-state index contributed by atoms with van der Waals surface area (Å²) in [5.74, 6) is 2.86. The Morgan fingerprint density at radius 2 is 0.750 bits per heavy atom. The monoisotopic (exact) mass is 773 g/mol. The van der Waals surface area contributed by atoms with Crippen LogP contribution in [0.15, 0.2) is 97.1 Å². The molecule has 4 rings (SSSR count).